The van der Waals surface area contributed by atoms with E-state index in [-0.39, 0.29) is 6.04 Å². The van der Waals surface area contributed by atoms with Gasteiger partial charge in [-0.1, -0.05) is 23.7 Å². The fraction of sp³-hybridized carbons (Fsp3) is 0.500. The highest BCUT2D eigenvalue weighted by Gasteiger charge is 2.39. The van der Waals surface area contributed by atoms with Gasteiger partial charge in [-0.15, -0.1) is 0 Å². The molecule has 0 N–H and O–H groups in total. The fourth-order valence-electron chi connectivity index (χ4n) is 2.56. The molecule has 0 radical (unpaired) electrons. The van der Waals surface area contributed by atoms with Gasteiger partial charge in [0.1, 0.15) is 11.9 Å². The average molecular weight is 310 g/mol. The van der Waals surface area contributed by atoms with Crippen LogP contribution in [0.25, 0.3) is 0 Å². The number of amides is 1. The summed E-state index contributed by atoms with van der Waals surface area (Å²) < 4.78 is 5.43. The van der Waals surface area contributed by atoms with Crippen LogP contribution < -0.4 is 0 Å². The Morgan fingerprint density at radius 3 is 2.43 bits per heavy atom. The molecule has 0 aromatic heterocycles. The van der Waals surface area contributed by atoms with Crippen molar-refractivity contribution in [3.05, 3.63) is 34.9 Å². The van der Waals surface area contributed by atoms with E-state index in [1.54, 1.807) is 17.0 Å². The molecule has 1 heterocycles. The number of aldehydes is 1. The summed E-state index contributed by atoms with van der Waals surface area (Å²) in [5, 5.41) is 0.646. The summed E-state index contributed by atoms with van der Waals surface area (Å²) in [7, 11) is 0. The Morgan fingerprint density at radius 2 is 1.90 bits per heavy atom. The molecule has 1 aromatic rings. The van der Waals surface area contributed by atoms with Crippen molar-refractivity contribution in [1.82, 2.24) is 4.90 Å². The minimum atomic E-state index is -0.586. The highest BCUT2D eigenvalue weighted by atomic mass is 35.5. The summed E-state index contributed by atoms with van der Waals surface area (Å²) in [6.45, 7) is 5.44. The maximum Gasteiger partial charge on any atom is 0.411 e. The molecule has 2 atom stereocenters. The molecule has 1 aliphatic rings. The lowest BCUT2D eigenvalue weighted by Gasteiger charge is -2.31. The molecule has 1 aliphatic heterocycles. The van der Waals surface area contributed by atoms with Crippen LogP contribution in [-0.2, 0) is 9.53 Å². The summed E-state index contributed by atoms with van der Waals surface area (Å²) in [4.78, 5) is 25.2. The summed E-state index contributed by atoms with van der Waals surface area (Å²) in [5.74, 6) is 0. The number of rotatable bonds is 2. The van der Waals surface area contributed by atoms with Crippen molar-refractivity contribution >= 4 is 24.0 Å². The molecule has 1 fully saturated rings. The average Bonchev–Trinajstić information content (AvgIpc) is 2.81. The largest absolute Gasteiger partial charge is 0.444 e. The zero-order valence-corrected chi connectivity index (χ0v) is 13.3. The Bertz CT molecular complexity index is 521. The Kier molecular flexibility index (Phi) is 4.57. The molecule has 114 valence electrons. The highest BCUT2D eigenvalue weighted by molar-refractivity contribution is 6.30. The molecule has 1 aromatic carbocycles. The Hall–Kier alpha value is -1.55. The summed E-state index contributed by atoms with van der Waals surface area (Å²) in [6, 6.07) is 6.78. The molecule has 5 heteroatoms. The van der Waals surface area contributed by atoms with Crippen LogP contribution in [0.2, 0.25) is 5.02 Å². The third-order valence-corrected chi connectivity index (χ3v) is 3.70. The highest BCUT2D eigenvalue weighted by Crippen LogP contribution is 2.36. The molecule has 1 saturated heterocycles. The smallest absolute Gasteiger partial charge is 0.411 e. The second kappa shape index (κ2) is 6.06. The van der Waals surface area contributed by atoms with Gasteiger partial charge in [0.2, 0.25) is 0 Å². The van der Waals surface area contributed by atoms with Crippen LogP contribution in [0.3, 0.4) is 0 Å². The predicted molar refractivity (Wildman–Crippen MR) is 81.4 cm³/mol. The third kappa shape index (κ3) is 3.76. The summed E-state index contributed by atoms with van der Waals surface area (Å²) in [5.41, 5.74) is 0.382. The van der Waals surface area contributed by atoms with Gasteiger partial charge >= 0.3 is 6.09 Å². The number of likely N-dealkylation sites (tertiary alicyclic amines) is 1. The topological polar surface area (TPSA) is 46.6 Å². The molecule has 2 rings (SSSR count). The lowest BCUT2D eigenvalue weighted by atomic mass is 10.1. The zero-order chi connectivity index (χ0) is 15.6. The van der Waals surface area contributed by atoms with E-state index in [0.717, 1.165) is 18.3 Å². The maximum atomic E-state index is 12.4. The van der Waals surface area contributed by atoms with E-state index in [1.165, 1.54) is 0 Å². The minimum Gasteiger partial charge on any atom is -0.444 e. The first-order valence-electron chi connectivity index (χ1n) is 7.04. The van der Waals surface area contributed by atoms with Gasteiger partial charge in [-0.25, -0.2) is 4.79 Å². The van der Waals surface area contributed by atoms with Crippen LogP contribution in [0, 0.1) is 0 Å². The van der Waals surface area contributed by atoms with E-state index in [1.807, 2.05) is 32.9 Å². The van der Waals surface area contributed by atoms with Crippen molar-refractivity contribution in [3.8, 4) is 0 Å². The van der Waals surface area contributed by atoms with Crippen molar-refractivity contribution in [2.45, 2.75) is 51.3 Å². The van der Waals surface area contributed by atoms with Gasteiger partial charge in [-0.2, -0.15) is 0 Å². The van der Waals surface area contributed by atoms with Gasteiger partial charge in [0, 0.05) is 5.02 Å². The van der Waals surface area contributed by atoms with Crippen molar-refractivity contribution in [3.63, 3.8) is 0 Å². The molecule has 21 heavy (non-hydrogen) atoms. The quantitative estimate of drug-likeness (QED) is 0.776. The van der Waals surface area contributed by atoms with Crippen molar-refractivity contribution < 1.29 is 14.3 Å². The van der Waals surface area contributed by atoms with E-state index in [2.05, 4.69) is 0 Å². The minimum absolute atomic E-state index is 0.146. The Morgan fingerprint density at radius 1 is 1.29 bits per heavy atom. The van der Waals surface area contributed by atoms with Gasteiger partial charge in [0.05, 0.1) is 12.1 Å². The molecule has 4 nitrogen and oxygen atoms in total. The molecule has 1 amide bonds. The molecular formula is C16H20ClNO3. The molecule has 0 aliphatic carbocycles. The molecule has 0 spiro atoms. The number of hydrogen-bond donors (Lipinski definition) is 0. The number of halogens is 1. The van der Waals surface area contributed by atoms with Gasteiger partial charge in [-0.05, 0) is 51.3 Å². The van der Waals surface area contributed by atoms with E-state index < -0.39 is 17.7 Å². The summed E-state index contributed by atoms with van der Waals surface area (Å²) in [6.07, 6.45) is 1.76. The SMILES string of the molecule is CC(C)(C)OC(=O)N1[C@@H](c2ccc(Cl)cc2)CC[C@@H]1C=O. The third-order valence-electron chi connectivity index (χ3n) is 3.45. The number of hydrogen-bond acceptors (Lipinski definition) is 3. The summed E-state index contributed by atoms with van der Waals surface area (Å²) >= 11 is 5.90. The van der Waals surface area contributed by atoms with Crippen LogP contribution in [0.5, 0.6) is 0 Å². The van der Waals surface area contributed by atoms with Gasteiger partial charge < -0.3 is 9.53 Å². The Labute approximate surface area is 130 Å². The zero-order valence-electron chi connectivity index (χ0n) is 12.5. The second-order valence-electron chi connectivity index (χ2n) is 6.24. The maximum absolute atomic E-state index is 12.4. The first-order valence-corrected chi connectivity index (χ1v) is 7.41. The number of carbonyl (C=O) groups is 2. The lowest BCUT2D eigenvalue weighted by molar-refractivity contribution is -0.112. The Balaban J connectivity index is 2.25. The van der Waals surface area contributed by atoms with Crippen molar-refractivity contribution in [2.75, 3.05) is 0 Å². The molecular weight excluding hydrogens is 290 g/mol. The van der Waals surface area contributed by atoms with Crippen molar-refractivity contribution in [2.24, 2.45) is 0 Å². The number of carbonyl (C=O) groups excluding carboxylic acids is 2. The van der Waals surface area contributed by atoms with Crippen molar-refractivity contribution in [1.29, 1.82) is 0 Å². The number of benzene rings is 1. The molecule has 0 bridgehead atoms. The normalized spacial score (nSPS) is 22.2. The monoisotopic (exact) mass is 309 g/mol. The standard InChI is InChI=1S/C16H20ClNO3/c1-16(2,3)21-15(20)18-13(10-19)8-9-14(18)11-4-6-12(17)7-5-11/h4-7,10,13-14H,8-9H2,1-3H3/t13-,14-/m1/s1. The van der Waals surface area contributed by atoms with E-state index in [0.29, 0.717) is 11.4 Å². The van der Waals surface area contributed by atoms with Crippen LogP contribution >= 0.6 is 11.6 Å². The lowest BCUT2D eigenvalue weighted by Crippen LogP contribution is -2.41. The number of nitrogens with zero attached hydrogens (tertiary/aromatic N) is 1. The van der Waals surface area contributed by atoms with Crippen LogP contribution in [0.15, 0.2) is 24.3 Å². The van der Waals surface area contributed by atoms with Gasteiger partial charge in [0.25, 0.3) is 0 Å². The first-order chi connectivity index (χ1) is 9.81. The fourth-order valence-corrected chi connectivity index (χ4v) is 2.69. The van der Waals surface area contributed by atoms with Gasteiger partial charge in [0.15, 0.2) is 0 Å². The predicted octanol–water partition coefficient (Wildman–Crippen LogP) is 3.98. The van der Waals surface area contributed by atoms with Crippen LogP contribution in [0.1, 0.15) is 45.2 Å². The number of ether oxygens (including phenoxy) is 1. The van der Waals surface area contributed by atoms with E-state index >= 15 is 0 Å². The second-order valence-corrected chi connectivity index (χ2v) is 6.67. The van der Waals surface area contributed by atoms with Crippen LogP contribution in [-0.4, -0.2) is 28.9 Å². The molecule has 0 unspecified atom stereocenters. The van der Waals surface area contributed by atoms with Gasteiger partial charge in [-0.3, -0.25) is 4.90 Å². The first kappa shape index (κ1) is 15.8. The van der Waals surface area contributed by atoms with E-state index in [9.17, 15) is 9.59 Å². The van der Waals surface area contributed by atoms with E-state index in [4.69, 9.17) is 16.3 Å². The molecule has 0 saturated carbocycles. The van der Waals surface area contributed by atoms with Crippen LogP contribution in [0.4, 0.5) is 4.79 Å².